The molecular formula is C15H15ClN4S. The summed E-state index contributed by atoms with van der Waals surface area (Å²) in [4.78, 5) is 13.7. The zero-order valence-corrected chi connectivity index (χ0v) is 13.4. The molecule has 21 heavy (non-hydrogen) atoms. The fourth-order valence-corrected chi connectivity index (χ4v) is 2.82. The Balaban J connectivity index is 2.16. The molecule has 3 rings (SSSR count). The van der Waals surface area contributed by atoms with E-state index in [-0.39, 0.29) is 0 Å². The highest BCUT2D eigenvalue weighted by Crippen LogP contribution is 2.27. The van der Waals surface area contributed by atoms with E-state index >= 15 is 0 Å². The van der Waals surface area contributed by atoms with Gasteiger partial charge >= 0.3 is 0 Å². The molecule has 1 aromatic carbocycles. The Bertz CT molecular complexity index is 784. The van der Waals surface area contributed by atoms with Crippen LogP contribution in [0.2, 0.25) is 5.02 Å². The number of aromatic nitrogens is 3. The van der Waals surface area contributed by atoms with Crippen LogP contribution >= 0.6 is 22.9 Å². The lowest BCUT2D eigenvalue weighted by Crippen LogP contribution is -2.05. The van der Waals surface area contributed by atoms with Gasteiger partial charge in [0.25, 0.3) is 0 Å². The van der Waals surface area contributed by atoms with Crippen molar-refractivity contribution in [2.45, 2.75) is 20.3 Å². The standard InChI is InChI=1S/C15H15ClN4S/c1-3-6-17-14-11-7-10(16)4-5-12(11)19-15(20-14)13-8-21-9(2)18-13/h4-5,7-8H,3,6H2,1-2H3,(H,17,19,20). The van der Waals surface area contributed by atoms with E-state index in [0.29, 0.717) is 10.8 Å². The molecule has 108 valence electrons. The minimum atomic E-state index is 0.646. The fourth-order valence-electron chi connectivity index (χ4n) is 2.06. The van der Waals surface area contributed by atoms with E-state index in [1.54, 1.807) is 11.3 Å². The van der Waals surface area contributed by atoms with Gasteiger partial charge in [-0.15, -0.1) is 11.3 Å². The van der Waals surface area contributed by atoms with Crippen LogP contribution in [0.5, 0.6) is 0 Å². The van der Waals surface area contributed by atoms with Gasteiger partial charge in [-0.3, -0.25) is 0 Å². The Morgan fingerprint density at radius 3 is 2.81 bits per heavy atom. The Labute approximate surface area is 132 Å². The third-order valence-corrected chi connectivity index (χ3v) is 4.06. The second kappa shape index (κ2) is 5.95. The average molecular weight is 319 g/mol. The lowest BCUT2D eigenvalue weighted by Gasteiger charge is -2.09. The van der Waals surface area contributed by atoms with Gasteiger partial charge in [-0.25, -0.2) is 15.0 Å². The minimum absolute atomic E-state index is 0.646. The minimum Gasteiger partial charge on any atom is -0.369 e. The quantitative estimate of drug-likeness (QED) is 0.767. The number of hydrogen-bond donors (Lipinski definition) is 1. The number of anilines is 1. The molecule has 2 heterocycles. The van der Waals surface area contributed by atoms with Crippen molar-refractivity contribution in [2.75, 3.05) is 11.9 Å². The first kappa shape index (κ1) is 14.2. The maximum atomic E-state index is 6.09. The number of hydrogen-bond acceptors (Lipinski definition) is 5. The van der Waals surface area contributed by atoms with E-state index in [1.165, 1.54) is 0 Å². The van der Waals surface area contributed by atoms with Crippen LogP contribution in [0.15, 0.2) is 23.6 Å². The molecule has 4 nitrogen and oxygen atoms in total. The Hall–Kier alpha value is -1.72. The normalized spacial score (nSPS) is 11.0. The molecule has 0 aliphatic carbocycles. The molecule has 0 bridgehead atoms. The highest BCUT2D eigenvalue weighted by molar-refractivity contribution is 7.09. The van der Waals surface area contributed by atoms with E-state index in [1.807, 2.05) is 30.5 Å². The van der Waals surface area contributed by atoms with Gasteiger partial charge in [-0.05, 0) is 31.5 Å². The Kier molecular flexibility index (Phi) is 4.03. The van der Waals surface area contributed by atoms with Crippen molar-refractivity contribution in [1.82, 2.24) is 15.0 Å². The zero-order valence-electron chi connectivity index (χ0n) is 11.9. The summed E-state index contributed by atoms with van der Waals surface area (Å²) in [5, 5.41) is 7.96. The smallest absolute Gasteiger partial charge is 0.181 e. The number of benzene rings is 1. The second-order valence-corrected chi connectivity index (χ2v) is 6.23. The molecule has 0 radical (unpaired) electrons. The van der Waals surface area contributed by atoms with Crippen LogP contribution in [0.4, 0.5) is 5.82 Å². The van der Waals surface area contributed by atoms with Crippen molar-refractivity contribution in [3.63, 3.8) is 0 Å². The van der Waals surface area contributed by atoms with Crippen molar-refractivity contribution in [1.29, 1.82) is 0 Å². The highest BCUT2D eigenvalue weighted by Gasteiger charge is 2.11. The van der Waals surface area contributed by atoms with Crippen LogP contribution in [-0.2, 0) is 0 Å². The number of aryl methyl sites for hydroxylation is 1. The third-order valence-electron chi connectivity index (χ3n) is 3.05. The van der Waals surface area contributed by atoms with Gasteiger partial charge in [0.15, 0.2) is 5.82 Å². The summed E-state index contributed by atoms with van der Waals surface area (Å²) in [5.74, 6) is 1.46. The highest BCUT2D eigenvalue weighted by atomic mass is 35.5. The molecule has 0 aliphatic rings. The van der Waals surface area contributed by atoms with Crippen molar-refractivity contribution in [3.05, 3.63) is 33.6 Å². The van der Waals surface area contributed by atoms with E-state index in [0.717, 1.165) is 40.4 Å². The number of rotatable bonds is 4. The summed E-state index contributed by atoms with van der Waals surface area (Å²) in [6, 6.07) is 5.65. The Morgan fingerprint density at radius 2 is 2.10 bits per heavy atom. The number of thiazole rings is 1. The van der Waals surface area contributed by atoms with E-state index in [9.17, 15) is 0 Å². The molecule has 6 heteroatoms. The average Bonchev–Trinajstić information content (AvgIpc) is 2.91. The molecule has 0 saturated heterocycles. The molecular weight excluding hydrogens is 304 g/mol. The number of halogens is 1. The van der Waals surface area contributed by atoms with Crippen molar-refractivity contribution in [2.24, 2.45) is 0 Å². The summed E-state index contributed by atoms with van der Waals surface area (Å²) in [5.41, 5.74) is 1.68. The van der Waals surface area contributed by atoms with E-state index < -0.39 is 0 Å². The van der Waals surface area contributed by atoms with E-state index in [4.69, 9.17) is 11.6 Å². The number of nitrogens with zero attached hydrogens (tertiary/aromatic N) is 3. The third kappa shape index (κ3) is 2.99. The molecule has 0 aliphatic heterocycles. The molecule has 3 aromatic rings. The molecule has 0 saturated carbocycles. The summed E-state index contributed by atoms with van der Waals surface area (Å²) in [6.45, 7) is 4.95. The largest absolute Gasteiger partial charge is 0.369 e. The molecule has 0 fully saturated rings. The van der Waals surface area contributed by atoms with Gasteiger partial charge in [-0.2, -0.15) is 0 Å². The second-order valence-electron chi connectivity index (χ2n) is 4.74. The molecule has 2 aromatic heterocycles. The van der Waals surface area contributed by atoms with Gasteiger partial charge < -0.3 is 5.32 Å². The first-order valence-corrected chi connectivity index (χ1v) is 8.07. The first-order valence-electron chi connectivity index (χ1n) is 6.81. The lowest BCUT2D eigenvalue weighted by molar-refractivity contribution is 0.970. The van der Waals surface area contributed by atoms with Gasteiger partial charge in [0.05, 0.1) is 10.5 Å². The summed E-state index contributed by atoms with van der Waals surface area (Å²) in [7, 11) is 0. The molecule has 0 unspecified atom stereocenters. The maximum Gasteiger partial charge on any atom is 0.181 e. The Morgan fingerprint density at radius 1 is 1.24 bits per heavy atom. The van der Waals surface area contributed by atoms with Gasteiger partial charge in [-0.1, -0.05) is 18.5 Å². The van der Waals surface area contributed by atoms with Crippen molar-refractivity contribution >= 4 is 39.7 Å². The molecule has 0 atom stereocenters. The van der Waals surface area contributed by atoms with Crippen LogP contribution in [0, 0.1) is 6.92 Å². The first-order chi connectivity index (χ1) is 10.2. The topological polar surface area (TPSA) is 50.7 Å². The molecule has 0 spiro atoms. The number of nitrogens with one attached hydrogen (secondary N) is 1. The zero-order chi connectivity index (χ0) is 14.8. The van der Waals surface area contributed by atoms with Crippen LogP contribution < -0.4 is 5.32 Å². The summed E-state index contributed by atoms with van der Waals surface area (Å²) >= 11 is 7.69. The van der Waals surface area contributed by atoms with Crippen molar-refractivity contribution < 1.29 is 0 Å². The van der Waals surface area contributed by atoms with Gasteiger partial charge in [0.2, 0.25) is 0 Å². The predicted molar refractivity (Wildman–Crippen MR) is 89.2 cm³/mol. The van der Waals surface area contributed by atoms with Crippen LogP contribution in [-0.4, -0.2) is 21.5 Å². The maximum absolute atomic E-state index is 6.09. The fraction of sp³-hybridized carbons (Fsp3) is 0.267. The molecule has 0 amide bonds. The van der Waals surface area contributed by atoms with Gasteiger partial charge in [0.1, 0.15) is 11.5 Å². The van der Waals surface area contributed by atoms with Crippen LogP contribution in [0.3, 0.4) is 0 Å². The summed E-state index contributed by atoms with van der Waals surface area (Å²) in [6.07, 6.45) is 1.03. The summed E-state index contributed by atoms with van der Waals surface area (Å²) < 4.78 is 0. The van der Waals surface area contributed by atoms with Crippen LogP contribution in [0.1, 0.15) is 18.4 Å². The van der Waals surface area contributed by atoms with Gasteiger partial charge in [0, 0.05) is 22.3 Å². The SMILES string of the molecule is CCCNc1nc(-c2csc(C)n2)nc2ccc(Cl)cc12. The lowest BCUT2D eigenvalue weighted by atomic mass is 10.2. The molecule has 1 N–H and O–H groups in total. The van der Waals surface area contributed by atoms with Crippen molar-refractivity contribution in [3.8, 4) is 11.5 Å². The monoisotopic (exact) mass is 318 g/mol. The predicted octanol–water partition coefficient (Wildman–Crippen LogP) is 4.54. The van der Waals surface area contributed by atoms with E-state index in [2.05, 4.69) is 27.2 Å². The number of fused-ring (bicyclic) bond motifs is 1. The van der Waals surface area contributed by atoms with Crippen LogP contribution in [0.25, 0.3) is 22.4 Å².